The number of nitrogens with one attached hydrogen (secondary N) is 1. The molecule has 1 aliphatic heterocycles. The average Bonchev–Trinajstić information content (AvgIpc) is 3.08. The molecule has 0 saturated carbocycles. The maximum absolute atomic E-state index is 5.35. The molecule has 1 aliphatic rings. The Bertz CT molecular complexity index is 587. The van der Waals surface area contributed by atoms with Crippen LogP contribution in [-0.4, -0.2) is 68.1 Å². The summed E-state index contributed by atoms with van der Waals surface area (Å²) in [6.07, 6.45) is 2.55. The van der Waals surface area contributed by atoms with E-state index in [-0.39, 0.29) is 30.1 Å². The Morgan fingerprint density at radius 3 is 2.71 bits per heavy atom. The summed E-state index contributed by atoms with van der Waals surface area (Å²) >= 11 is 1.65. The second-order valence-electron chi connectivity index (χ2n) is 7.94. The fourth-order valence-electron chi connectivity index (χ4n) is 3.86. The van der Waals surface area contributed by atoms with Crippen molar-refractivity contribution in [2.45, 2.75) is 46.3 Å². The minimum absolute atomic E-state index is 0. The zero-order chi connectivity index (χ0) is 19.8. The summed E-state index contributed by atoms with van der Waals surface area (Å²) in [7, 11) is 5.61. The van der Waals surface area contributed by atoms with Crippen molar-refractivity contribution < 1.29 is 4.74 Å². The van der Waals surface area contributed by atoms with Gasteiger partial charge in [-0.2, -0.15) is 0 Å². The van der Waals surface area contributed by atoms with Crippen LogP contribution in [-0.2, 0) is 11.3 Å². The van der Waals surface area contributed by atoms with Gasteiger partial charge in [-0.3, -0.25) is 4.99 Å². The van der Waals surface area contributed by atoms with E-state index in [2.05, 4.69) is 51.4 Å². The lowest BCUT2D eigenvalue weighted by atomic mass is 9.92. The highest BCUT2D eigenvalue weighted by atomic mass is 127. The quantitative estimate of drug-likeness (QED) is 0.243. The number of hydrogen-bond donors (Lipinski definition) is 1. The van der Waals surface area contributed by atoms with Crippen LogP contribution in [0.3, 0.4) is 0 Å². The average molecular weight is 524 g/mol. The van der Waals surface area contributed by atoms with Gasteiger partial charge in [0, 0.05) is 46.2 Å². The molecule has 162 valence electrons. The Hall–Kier alpha value is -0.450. The van der Waals surface area contributed by atoms with Gasteiger partial charge in [-0.15, -0.1) is 35.3 Å². The van der Waals surface area contributed by atoms with E-state index in [9.17, 15) is 0 Å². The highest BCUT2D eigenvalue weighted by Crippen LogP contribution is 2.21. The number of piperidine rings is 1. The van der Waals surface area contributed by atoms with E-state index in [1.807, 2.05) is 14.0 Å². The molecule has 0 amide bonds. The lowest BCUT2D eigenvalue weighted by molar-refractivity contribution is 0.119. The third-order valence-electron chi connectivity index (χ3n) is 5.12. The van der Waals surface area contributed by atoms with E-state index in [1.54, 1.807) is 18.4 Å². The molecule has 1 aromatic rings. The van der Waals surface area contributed by atoms with Crippen molar-refractivity contribution in [3.63, 3.8) is 0 Å². The Morgan fingerprint density at radius 2 is 2.11 bits per heavy atom. The molecule has 8 heteroatoms. The molecular weight excluding hydrogens is 485 g/mol. The number of nitrogens with zero attached hydrogens (tertiary/aromatic N) is 4. The lowest BCUT2D eigenvalue weighted by Gasteiger charge is -2.35. The first-order valence-corrected chi connectivity index (χ1v) is 10.9. The van der Waals surface area contributed by atoms with Gasteiger partial charge in [0.1, 0.15) is 11.1 Å². The number of likely N-dealkylation sites (tertiary alicyclic amines) is 1. The number of aromatic nitrogens is 1. The highest BCUT2D eigenvalue weighted by molar-refractivity contribution is 14.0. The number of ether oxygens (including phenoxy) is 1. The molecule has 0 aliphatic carbocycles. The van der Waals surface area contributed by atoms with E-state index in [4.69, 9.17) is 4.74 Å². The topological polar surface area (TPSA) is 53.0 Å². The Kier molecular flexibility index (Phi) is 11.9. The van der Waals surface area contributed by atoms with Gasteiger partial charge < -0.3 is 19.9 Å². The molecule has 0 bridgehead atoms. The van der Waals surface area contributed by atoms with Crippen molar-refractivity contribution in [2.75, 3.05) is 47.4 Å². The maximum atomic E-state index is 5.35. The highest BCUT2D eigenvalue weighted by Gasteiger charge is 2.21. The summed E-state index contributed by atoms with van der Waals surface area (Å²) in [6.45, 7) is 12.1. The molecule has 0 spiro atoms. The van der Waals surface area contributed by atoms with Gasteiger partial charge in [0.2, 0.25) is 0 Å². The Balaban J connectivity index is 0.00000392. The van der Waals surface area contributed by atoms with E-state index in [1.165, 1.54) is 19.5 Å². The molecule has 3 atom stereocenters. The standard InChI is InChI=1S/C20H37N5OS.HI/c1-15-10-16(2)12-25(11-15)9-7-8-22-20(21-4)24(5)13-18-14-27-19(23-18)17(3)26-6;/h14-17H,7-13H2,1-6H3,(H,21,22);1H. The van der Waals surface area contributed by atoms with Gasteiger partial charge in [-0.1, -0.05) is 13.8 Å². The van der Waals surface area contributed by atoms with Gasteiger partial charge in [0.25, 0.3) is 0 Å². The fraction of sp³-hybridized carbons (Fsp3) is 0.800. The molecule has 6 nitrogen and oxygen atoms in total. The SMILES string of the molecule is CN=C(NCCCN1CC(C)CC(C)C1)N(C)Cc1csc(C(C)OC)n1.I. The van der Waals surface area contributed by atoms with Crippen LogP contribution in [0, 0.1) is 11.8 Å². The third-order valence-corrected chi connectivity index (χ3v) is 6.18. The summed E-state index contributed by atoms with van der Waals surface area (Å²) in [5.74, 6) is 2.57. The van der Waals surface area contributed by atoms with Crippen LogP contribution in [0.4, 0.5) is 0 Å². The number of thiazole rings is 1. The zero-order valence-electron chi connectivity index (χ0n) is 18.3. The molecule has 1 fully saturated rings. The van der Waals surface area contributed by atoms with Crippen LogP contribution >= 0.6 is 35.3 Å². The minimum atomic E-state index is 0. The van der Waals surface area contributed by atoms with Gasteiger partial charge >= 0.3 is 0 Å². The minimum Gasteiger partial charge on any atom is -0.375 e. The monoisotopic (exact) mass is 523 g/mol. The molecule has 3 unspecified atom stereocenters. The van der Waals surface area contributed by atoms with Crippen LogP contribution in [0.1, 0.15) is 50.4 Å². The predicted molar refractivity (Wildman–Crippen MR) is 130 cm³/mol. The molecule has 2 heterocycles. The van der Waals surface area contributed by atoms with Gasteiger partial charge in [-0.25, -0.2) is 4.98 Å². The van der Waals surface area contributed by atoms with Crippen molar-refractivity contribution in [1.29, 1.82) is 0 Å². The van der Waals surface area contributed by atoms with Gasteiger partial charge in [-0.05, 0) is 38.1 Å². The van der Waals surface area contributed by atoms with Crippen LogP contribution in [0.15, 0.2) is 10.4 Å². The first-order chi connectivity index (χ1) is 12.9. The first kappa shape index (κ1) is 25.6. The van der Waals surface area contributed by atoms with Crippen LogP contribution in [0.5, 0.6) is 0 Å². The Morgan fingerprint density at radius 1 is 1.43 bits per heavy atom. The number of hydrogen-bond acceptors (Lipinski definition) is 5. The number of aliphatic imine (C=N–C) groups is 1. The molecular formula is C20H38IN5OS. The van der Waals surface area contributed by atoms with E-state index in [0.29, 0.717) is 0 Å². The predicted octanol–water partition coefficient (Wildman–Crippen LogP) is 3.84. The van der Waals surface area contributed by atoms with Crippen molar-refractivity contribution in [2.24, 2.45) is 16.8 Å². The molecule has 0 radical (unpaired) electrons. The first-order valence-electron chi connectivity index (χ1n) is 10.0. The summed E-state index contributed by atoms with van der Waals surface area (Å²) in [6, 6.07) is 0. The van der Waals surface area contributed by atoms with Gasteiger partial charge in [0.05, 0.1) is 12.2 Å². The molecule has 1 aromatic heterocycles. The van der Waals surface area contributed by atoms with Crippen LogP contribution < -0.4 is 5.32 Å². The number of rotatable bonds is 8. The number of methoxy groups -OCH3 is 1. The van der Waals surface area contributed by atoms with Crippen LogP contribution in [0.25, 0.3) is 0 Å². The van der Waals surface area contributed by atoms with E-state index in [0.717, 1.165) is 54.6 Å². The molecule has 2 rings (SSSR count). The van der Waals surface area contributed by atoms with Gasteiger partial charge in [0.15, 0.2) is 5.96 Å². The second-order valence-corrected chi connectivity index (χ2v) is 8.83. The van der Waals surface area contributed by atoms with E-state index < -0.39 is 0 Å². The number of halogens is 1. The fourth-order valence-corrected chi connectivity index (χ4v) is 4.70. The molecule has 28 heavy (non-hydrogen) atoms. The zero-order valence-corrected chi connectivity index (χ0v) is 21.4. The summed E-state index contributed by atoms with van der Waals surface area (Å²) in [5, 5.41) is 6.62. The van der Waals surface area contributed by atoms with E-state index >= 15 is 0 Å². The molecule has 1 N–H and O–H groups in total. The van der Waals surface area contributed by atoms with Crippen molar-refractivity contribution in [3.05, 3.63) is 16.1 Å². The summed E-state index contributed by atoms with van der Waals surface area (Å²) in [4.78, 5) is 13.8. The smallest absolute Gasteiger partial charge is 0.193 e. The summed E-state index contributed by atoms with van der Waals surface area (Å²) < 4.78 is 5.35. The molecule has 0 aromatic carbocycles. The second kappa shape index (κ2) is 13.0. The number of guanidine groups is 1. The molecule has 1 saturated heterocycles. The third kappa shape index (κ3) is 8.12. The van der Waals surface area contributed by atoms with Crippen molar-refractivity contribution in [3.8, 4) is 0 Å². The Labute approximate surface area is 192 Å². The van der Waals surface area contributed by atoms with Crippen LogP contribution in [0.2, 0.25) is 0 Å². The maximum Gasteiger partial charge on any atom is 0.193 e. The largest absolute Gasteiger partial charge is 0.375 e. The normalized spacial score (nSPS) is 21.9. The van der Waals surface area contributed by atoms with Crippen molar-refractivity contribution >= 4 is 41.3 Å². The lowest BCUT2D eigenvalue weighted by Crippen LogP contribution is -2.42. The van der Waals surface area contributed by atoms with Crippen molar-refractivity contribution in [1.82, 2.24) is 20.1 Å². The summed E-state index contributed by atoms with van der Waals surface area (Å²) in [5.41, 5.74) is 1.06.